The van der Waals surface area contributed by atoms with Gasteiger partial charge in [-0.15, -0.1) is 0 Å². The zero-order valence-corrected chi connectivity index (χ0v) is 15.7. The Morgan fingerprint density at radius 1 is 1.11 bits per heavy atom. The van der Waals surface area contributed by atoms with Crippen molar-refractivity contribution in [2.45, 2.75) is 6.54 Å². The van der Waals surface area contributed by atoms with E-state index in [-0.39, 0.29) is 18.0 Å². The van der Waals surface area contributed by atoms with Crippen LogP contribution in [0.4, 0.5) is 5.69 Å². The predicted octanol–water partition coefficient (Wildman–Crippen LogP) is 0.993. The first-order valence-electron chi connectivity index (χ1n) is 9.24. The minimum absolute atomic E-state index is 0.0666. The Hall–Kier alpha value is -3.42. The lowest BCUT2D eigenvalue weighted by molar-refractivity contribution is -0.132. The first kappa shape index (κ1) is 18.0. The lowest BCUT2D eigenvalue weighted by Gasteiger charge is -2.36. The Balaban J connectivity index is 1.39. The van der Waals surface area contributed by atoms with Gasteiger partial charge in [0.15, 0.2) is 0 Å². The molecule has 1 aliphatic heterocycles. The maximum atomic E-state index is 12.8. The van der Waals surface area contributed by atoms with Gasteiger partial charge in [-0.3, -0.25) is 9.59 Å². The zero-order valence-electron chi connectivity index (χ0n) is 15.7. The van der Waals surface area contributed by atoms with Crippen LogP contribution < -0.4 is 10.5 Å². The third-order valence-corrected chi connectivity index (χ3v) is 5.00. The Kier molecular flexibility index (Phi) is 4.92. The van der Waals surface area contributed by atoms with E-state index < -0.39 is 0 Å². The number of carbonyl (C=O) groups excluding carboxylic acids is 1. The Bertz CT molecular complexity index is 1020. The monoisotopic (exact) mass is 378 g/mol. The van der Waals surface area contributed by atoms with Gasteiger partial charge >= 0.3 is 0 Å². The van der Waals surface area contributed by atoms with Gasteiger partial charge < -0.3 is 14.4 Å². The third kappa shape index (κ3) is 3.66. The fourth-order valence-corrected chi connectivity index (χ4v) is 3.38. The lowest BCUT2D eigenvalue weighted by atomic mass is 10.2. The van der Waals surface area contributed by atoms with Crippen LogP contribution in [0.15, 0.2) is 59.8 Å². The highest BCUT2D eigenvalue weighted by Gasteiger charge is 2.22. The van der Waals surface area contributed by atoms with Crippen molar-refractivity contribution in [3.63, 3.8) is 0 Å². The van der Waals surface area contributed by atoms with Gasteiger partial charge in [0.1, 0.15) is 12.4 Å². The highest BCUT2D eigenvalue weighted by Crippen LogP contribution is 2.18. The number of amides is 1. The summed E-state index contributed by atoms with van der Waals surface area (Å²) in [7, 11) is 1.63. The topological polar surface area (TPSA) is 76.3 Å². The van der Waals surface area contributed by atoms with Crippen molar-refractivity contribution in [1.82, 2.24) is 24.2 Å². The smallest absolute Gasteiger partial charge is 0.268 e. The summed E-state index contributed by atoms with van der Waals surface area (Å²) in [6.07, 6.45) is 5.24. The van der Waals surface area contributed by atoms with E-state index in [2.05, 4.69) is 15.0 Å². The van der Waals surface area contributed by atoms with Gasteiger partial charge in [0.2, 0.25) is 5.91 Å². The first-order chi connectivity index (χ1) is 13.6. The summed E-state index contributed by atoms with van der Waals surface area (Å²) in [5.74, 6) is 0.857. The van der Waals surface area contributed by atoms with E-state index >= 15 is 0 Å². The van der Waals surface area contributed by atoms with Gasteiger partial charge in [-0.1, -0.05) is 30.3 Å². The molecule has 2 aromatic heterocycles. The second-order valence-corrected chi connectivity index (χ2v) is 6.79. The highest BCUT2D eigenvalue weighted by molar-refractivity contribution is 5.77. The van der Waals surface area contributed by atoms with Crippen LogP contribution in [0.25, 0.3) is 11.4 Å². The largest absolute Gasteiger partial charge is 0.367 e. The number of hydrogen-bond acceptors (Lipinski definition) is 5. The van der Waals surface area contributed by atoms with Crippen molar-refractivity contribution in [3.8, 4) is 11.4 Å². The zero-order chi connectivity index (χ0) is 19.5. The Morgan fingerprint density at radius 3 is 2.57 bits per heavy atom. The summed E-state index contributed by atoms with van der Waals surface area (Å²) in [5.41, 5.74) is 1.66. The molecule has 1 saturated heterocycles. The molecule has 0 aliphatic carbocycles. The second-order valence-electron chi connectivity index (χ2n) is 6.79. The molecule has 0 saturated carbocycles. The molecule has 0 unspecified atom stereocenters. The molecule has 3 aromatic rings. The van der Waals surface area contributed by atoms with Crippen molar-refractivity contribution in [3.05, 3.63) is 65.3 Å². The minimum atomic E-state index is -0.135. The molecule has 28 heavy (non-hydrogen) atoms. The number of nitrogens with zero attached hydrogens (tertiary/aromatic N) is 6. The fraction of sp³-hybridized carbons (Fsp3) is 0.300. The maximum absolute atomic E-state index is 12.8. The SMILES string of the molecule is Cn1ncc(N2CCN(C(=O)Cn3ccnc3-c3ccccc3)CC2)cc1=O. The lowest BCUT2D eigenvalue weighted by Crippen LogP contribution is -2.49. The summed E-state index contributed by atoms with van der Waals surface area (Å²) >= 11 is 0. The van der Waals surface area contributed by atoms with Crippen LogP contribution in [-0.4, -0.2) is 56.3 Å². The van der Waals surface area contributed by atoms with E-state index in [0.29, 0.717) is 26.2 Å². The quantitative estimate of drug-likeness (QED) is 0.677. The highest BCUT2D eigenvalue weighted by atomic mass is 16.2. The van der Waals surface area contributed by atoms with Crippen LogP contribution in [0.1, 0.15) is 0 Å². The van der Waals surface area contributed by atoms with Gasteiger partial charge in [0.25, 0.3) is 5.56 Å². The Labute approximate surface area is 162 Å². The number of carbonyl (C=O) groups is 1. The molecule has 8 nitrogen and oxygen atoms in total. The van der Waals surface area contributed by atoms with Crippen molar-refractivity contribution >= 4 is 11.6 Å². The number of hydrogen-bond donors (Lipinski definition) is 0. The van der Waals surface area contributed by atoms with Gasteiger partial charge in [0, 0.05) is 57.3 Å². The average Bonchev–Trinajstić information content (AvgIpc) is 3.19. The van der Waals surface area contributed by atoms with Crippen LogP contribution in [0.3, 0.4) is 0 Å². The van der Waals surface area contributed by atoms with Crippen LogP contribution in [0, 0.1) is 0 Å². The van der Waals surface area contributed by atoms with Gasteiger partial charge in [-0.05, 0) is 0 Å². The number of rotatable bonds is 4. The molecular formula is C20H22N6O2. The van der Waals surface area contributed by atoms with Gasteiger partial charge in [0.05, 0.1) is 11.9 Å². The molecule has 144 valence electrons. The first-order valence-corrected chi connectivity index (χ1v) is 9.24. The van der Waals surface area contributed by atoms with Crippen molar-refractivity contribution in [2.24, 2.45) is 7.05 Å². The third-order valence-electron chi connectivity index (χ3n) is 5.00. The van der Waals surface area contributed by atoms with Crippen molar-refractivity contribution in [1.29, 1.82) is 0 Å². The summed E-state index contributed by atoms with van der Waals surface area (Å²) in [4.78, 5) is 32.9. The normalized spacial score (nSPS) is 14.3. The number of benzene rings is 1. The van der Waals surface area contributed by atoms with Gasteiger partial charge in [-0.2, -0.15) is 5.10 Å². The van der Waals surface area contributed by atoms with E-state index in [1.807, 2.05) is 46.0 Å². The minimum Gasteiger partial charge on any atom is -0.367 e. The number of aromatic nitrogens is 4. The predicted molar refractivity (Wildman–Crippen MR) is 106 cm³/mol. The van der Waals surface area contributed by atoms with E-state index in [1.54, 1.807) is 25.5 Å². The molecule has 0 spiro atoms. The molecule has 4 rings (SSSR count). The standard InChI is InChI=1S/C20H22N6O2/c1-23-18(27)13-17(14-22-23)24-9-11-25(12-10-24)19(28)15-26-8-7-21-20(26)16-5-3-2-4-6-16/h2-8,13-14H,9-12,15H2,1H3. The number of piperazine rings is 1. The molecule has 1 aromatic carbocycles. The summed E-state index contributed by atoms with van der Waals surface area (Å²) < 4.78 is 3.19. The van der Waals surface area contributed by atoms with Crippen LogP contribution >= 0.6 is 0 Å². The van der Waals surface area contributed by atoms with Crippen LogP contribution in [-0.2, 0) is 18.4 Å². The molecule has 8 heteroatoms. The molecular weight excluding hydrogens is 356 g/mol. The molecule has 0 N–H and O–H groups in total. The Morgan fingerprint density at radius 2 is 1.86 bits per heavy atom. The molecule has 0 bridgehead atoms. The second kappa shape index (κ2) is 7.67. The molecule has 1 amide bonds. The average molecular weight is 378 g/mol. The number of aryl methyl sites for hydroxylation is 1. The van der Waals surface area contributed by atoms with E-state index in [0.717, 1.165) is 17.1 Å². The molecule has 1 aliphatic rings. The fourth-order valence-electron chi connectivity index (χ4n) is 3.38. The maximum Gasteiger partial charge on any atom is 0.268 e. The molecule has 0 radical (unpaired) electrons. The number of imidazole rings is 1. The van der Waals surface area contributed by atoms with Crippen LogP contribution in [0.5, 0.6) is 0 Å². The molecule has 3 heterocycles. The number of anilines is 1. The summed E-state index contributed by atoms with van der Waals surface area (Å²) in [6.45, 7) is 2.84. The van der Waals surface area contributed by atoms with Crippen molar-refractivity contribution in [2.75, 3.05) is 31.1 Å². The van der Waals surface area contributed by atoms with Crippen molar-refractivity contribution < 1.29 is 4.79 Å². The van der Waals surface area contributed by atoms with Gasteiger partial charge in [-0.25, -0.2) is 9.67 Å². The summed E-state index contributed by atoms with van der Waals surface area (Å²) in [6, 6.07) is 11.4. The van der Waals surface area contributed by atoms with E-state index in [4.69, 9.17) is 0 Å². The molecule has 0 atom stereocenters. The summed E-state index contributed by atoms with van der Waals surface area (Å²) in [5, 5.41) is 4.07. The van der Waals surface area contributed by atoms with Crippen LogP contribution in [0.2, 0.25) is 0 Å². The van der Waals surface area contributed by atoms with E-state index in [1.165, 1.54) is 4.68 Å². The van der Waals surface area contributed by atoms with E-state index in [9.17, 15) is 9.59 Å². The molecule has 1 fully saturated rings.